The first-order chi connectivity index (χ1) is 18.4. The summed E-state index contributed by atoms with van der Waals surface area (Å²) in [5.41, 5.74) is 2.78. The molecular weight excluding hydrogens is 559 g/mol. The lowest BCUT2D eigenvalue weighted by atomic mass is 10.0. The van der Waals surface area contributed by atoms with Crippen LogP contribution in [-0.4, -0.2) is 34.6 Å². The Morgan fingerprint density at radius 3 is 2.32 bits per heavy atom. The summed E-state index contributed by atoms with van der Waals surface area (Å²) in [4.78, 5) is 29.2. The van der Waals surface area contributed by atoms with Gasteiger partial charge in [-0.05, 0) is 53.8 Å². The average molecular weight is 590 g/mol. The van der Waals surface area contributed by atoms with E-state index in [1.165, 1.54) is 11.8 Å². The maximum absolute atomic E-state index is 13.8. The summed E-state index contributed by atoms with van der Waals surface area (Å²) in [6, 6.07) is 22.1. The molecule has 200 valence electrons. The van der Waals surface area contributed by atoms with Crippen LogP contribution in [0.4, 0.5) is 0 Å². The minimum atomic E-state index is -0.677. The Bertz CT molecular complexity index is 1240. The van der Waals surface area contributed by atoms with Crippen molar-refractivity contribution in [2.45, 2.75) is 56.5 Å². The Hall–Kier alpha value is -2.18. The zero-order chi connectivity index (χ0) is 26.9. The van der Waals surface area contributed by atoms with Gasteiger partial charge >= 0.3 is 0 Å². The molecule has 38 heavy (non-hydrogen) atoms. The number of amides is 2. The average Bonchev–Trinajstić information content (AvgIpc) is 3.41. The molecule has 8 heteroatoms. The minimum Gasteiger partial charge on any atom is -0.352 e. The second kappa shape index (κ2) is 14.3. The van der Waals surface area contributed by atoms with Crippen molar-refractivity contribution in [1.82, 2.24) is 10.2 Å². The normalized spacial score (nSPS) is 14.3. The summed E-state index contributed by atoms with van der Waals surface area (Å²) >= 11 is 20.3. The van der Waals surface area contributed by atoms with Crippen molar-refractivity contribution in [1.29, 1.82) is 0 Å². The lowest BCUT2D eigenvalue weighted by molar-refractivity contribution is -0.139. The third kappa shape index (κ3) is 8.41. The SMILES string of the molecule is O=C(NC1CCCC1)[C@H](Cc1ccccc1)N(Cc1ccc(Cl)cc1Cl)C(=O)CSCc1cccc(Cl)c1. The van der Waals surface area contributed by atoms with Gasteiger partial charge in [0.05, 0.1) is 5.75 Å². The highest BCUT2D eigenvalue weighted by Crippen LogP contribution is 2.26. The maximum Gasteiger partial charge on any atom is 0.243 e. The summed E-state index contributed by atoms with van der Waals surface area (Å²) in [7, 11) is 0. The molecular formula is C30H31Cl3N2O2S. The summed E-state index contributed by atoms with van der Waals surface area (Å²) in [6.07, 6.45) is 4.57. The van der Waals surface area contributed by atoms with Gasteiger partial charge in [0.1, 0.15) is 6.04 Å². The highest BCUT2D eigenvalue weighted by molar-refractivity contribution is 7.99. The second-order valence-corrected chi connectivity index (χ2v) is 11.8. The maximum atomic E-state index is 13.8. The largest absolute Gasteiger partial charge is 0.352 e. The van der Waals surface area contributed by atoms with Gasteiger partial charge in [-0.25, -0.2) is 0 Å². The van der Waals surface area contributed by atoms with E-state index in [1.54, 1.807) is 17.0 Å². The summed E-state index contributed by atoms with van der Waals surface area (Å²) < 4.78 is 0. The van der Waals surface area contributed by atoms with E-state index in [4.69, 9.17) is 34.8 Å². The number of hydrogen-bond acceptors (Lipinski definition) is 3. The quantitative estimate of drug-likeness (QED) is 0.251. The van der Waals surface area contributed by atoms with E-state index in [9.17, 15) is 9.59 Å². The fraction of sp³-hybridized carbons (Fsp3) is 0.333. The Balaban J connectivity index is 1.59. The van der Waals surface area contributed by atoms with Gasteiger partial charge in [0, 0.05) is 39.8 Å². The second-order valence-electron chi connectivity index (χ2n) is 9.58. The van der Waals surface area contributed by atoms with Gasteiger partial charge in [-0.2, -0.15) is 0 Å². The van der Waals surface area contributed by atoms with E-state index in [0.29, 0.717) is 27.2 Å². The van der Waals surface area contributed by atoms with Crippen LogP contribution in [0.2, 0.25) is 15.1 Å². The Morgan fingerprint density at radius 2 is 1.61 bits per heavy atom. The van der Waals surface area contributed by atoms with Crippen LogP contribution in [0.3, 0.4) is 0 Å². The minimum absolute atomic E-state index is 0.120. The molecule has 2 amide bonds. The van der Waals surface area contributed by atoms with Crippen LogP contribution < -0.4 is 5.32 Å². The van der Waals surface area contributed by atoms with Crippen LogP contribution in [-0.2, 0) is 28.3 Å². The summed E-state index contributed by atoms with van der Waals surface area (Å²) in [6.45, 7) is 0.210. The standard InChI is InChI=1S/C30H31Cl3N2O2S/c31-24-10-6-9-22(15-24)19-38-20-29(36)35(18-23-13-14-25(32)17-27(23)33)28(16-21-7-2-1-3-8-21)30(37)34-26-11-4-5-12-26/h1-3,6-10,13-15,17,26,28H,4-5,11-12,16,18-20H2,(H,34,37)/t28-/m0/s1. The van der Waals surface area contributed by atoms with E-state index in [0.717, 1.165) is 42.4 Å². The molecule has 0 unspecified atom stereocenters. The number of carbonyl (C=O) groups is 2. The predicted molar refractivity (Wildman–Crippen MR) is 159 cm³/mol. The van der Waals surface area contributed by atoms with Crippen LogP contribution in [0.15, 0.2) is 72.8 Å². The first-order valence-electron chi connectivity index (χ1n) is 12.8. The van der Waals surface area contributed by atoms with Crippen molar-refractivity contribution < 1.29 is 9.59 Å². The van der Waals surface area contributed by atoms with E-state index < -0.39 is 6.04 Å². The van der Waals surface area contributed by atoms with E-state index in [-0.39, 0.29) is 30.2 Å². The first-order valence-corrected chi connectivity index (χ1v) is 15.1. The van der Waals surface area contributed by atoms with Gasteiger partial charge in [0.2, 0.25) is 11.8 Å². The topological polar surface area (TPSA) is 49.4 Å². The number of nitrogens with one attached hydrogen (secondary N) is 1. The van der Waals surface area contributed by atoms with Crippen molar-refractivity contribution in [3.63, 3.8) is 0 Å². The zero-order valence-corrected chi connectivity index (χ0v) is 24.1. The summed E-state index contributed by atoms with van der Waals surface area (Å²) in [5, 5.41) is 4.88. The molecule has 1 aliphatic rings. The van der Waals surface area contributed by atoms with Crippen LogP contribution >= 0.6 is 46.6 Å². The molecule has 0 heterocycles. The van der Waals surface area contributed by atoms with Crippen LogP contribution in [0.1, 0.15) is 42.4 Å². The van der Waals surface area contributed by atoms with E-state index >= 15 is 0 Å². The lowest BCUT2D eigenvalue weighted by Gasteiger charge is -2.32. The van der Waals surface area contributed by atoms with Crippen molar-refractivity contribution in [3.8, 4) is 0 Å². The molecule has 0 aromatic heterocycles. The van der Waals surface area contributed by atoms with Gasteiger partial charge in [-0.3, -0.25) is 9.59 Å². The molecule has 1 N–H and O–H groups in total. The fourth-order valence-corrected chi connectivity index (χ4v) is 6.26. The number of hydrogen-bond donors (Lipinski definition) is 1. The van der Waals surface area contributed by atoms with E-state index in [1.807, 2.05) is 60.7 Å². The monoisotopic (exact) mass is 588 g/mol. The highest BCUT2D eigenvalue weighted by Gasteiger charge is 2.32. The van der Waals surface area contributed by atoms with Gasteiger partial charge in [0.25, 0.3) is 0 Å². The highest BCUT2D eigenvalue weighted by atomic mass is 35.5. The molecule has 0 spiro atoms. The van der Waals surface area contributed by atoms with Gasteiger partial charge in [-0.15, -0.1) is 11.8 Å². The molecule has 4 rings (SSSR count). The zero-order valence-electron chi connectivity index (χ0n) is 21.0. The number of halogens is 3. The fourth-order valence-electron chi connectivity index (χ4n) is 4.72. The lowest BCUT2D eigenvalue weighted by Crippen LogP contribution is -2.52. The van der Waals surface area contributed by atoms with Crippen molar-refractivity contribution in [2.24, 2.45) is 0 Å². The smallest absolute Gasteiger partial charge is 0.243 e. The molecule has 4 nitrogen and oxygen atoms in total. The molecule has 1 fully saturated rings. The summed E-state index contributed by atoms with van der Waals surface area (Å²) in [5.74, 6) is 0.615. The molecule has 0 aliphatic heterocycles. The number of nitrogens with zero attached hydrogens (tertiary/aromatic N) is 1. The molecule has 1 aliphatic carbocycles. The van der Waals surface area contributed by atoms with Gasteiger partial charge < -0.3 is 10.2 Å². The van der Waals surface area contributed by atoms with Crippen molar-refractivity contribution in [3.05, 3.63) is 105 Å². The molecule has 0 bridgehead atoms. The number of carbonyl (C=O) groups excluding carboxylic acids is 2. The number of rotatable bonds is 11. The van der Waals surface area contributed by atoms with Gasteiger partial charge in [-0.1, -0.05) is 96.2 Å². The van der Waals surface area contributed by atoms with Crippen LogP contribution in [0, 0.1) is 0 Å². The Kier molecular flexibility index (Phi) is 10.8. The molecule has 1 atom stereocenters. The van der Waals surface area contributed by atoms with Gasteiger partial charge in [0.15, 0.2) is 0 Å². The van der Waals surface area contributed by atoms with E-state index in [2.05, 4.69) is 5.32 Å². The Morgan fingerprint density at radius 1 is 0.895 bits per heavy atom. The first kappa shape index (κ1) is 28.8. The number of benzene rings is 3. The third-order valence-electron chi connectivity index (χ3n) is 6.71. The van der Waals surface area contributed by atoms with Crippen molar-refractivity contribution >= 4 is 58.4 Å². The molecule has 3 aromatic rings. The van der Waals surface area contributed by atoms with Crippen molar-refractivity contribution in [2.75, 3.05) is 5.75 Å². The Labute approximate surface area is 244 Å². The predicted octanol–water partition coefficient (Wildman–Crippen LogP) is 7.58. The third-order valence-corrected chi connectivity index (χ3v) is 8.52. The molecule has 0 radical (unpaired) electrons. The molecule has 3 aromatic carbocycles. The number of thioether (sulfide) groups is 1. The molecule has 0 saturated heterocycles. The van der Waals surface area contributed by atoms with Crippen LogP contribution in [0.5, 0.6) is 0 Å². The molecule has 1 saturated carbocycles. The van der Waals surface area contributed by atoms with Crippen LogP contribution in [0.25, 0.3) is 0 Å².